The van der Waals surface area contributed by atoms with Crippen LogP contribution < -0.4 is 14.5 Å². The number of para-hydroxylation sites is 2. The summed E-state index contributed by atoms with van der Waals surface area (Å²) in [5.74, 6) is 0.927. The van der Waals surface area contributed by atoms with Gasteiger partial charge in [-0.1, -0.05) is 23.5 Å². The number of anilines is 2. The Balaban J connectivity index is 1.71. The van der Waals surface area contributed by atoms with E-state index in [4.69, 9.17) is 17.0 Å². The van der Waals surface area contributed by atoms with Gasteiger partial charge in [-0.05, 0) is 24.4 Å². The highest BCUT2D eigenvalue weighted by Crippen LogP contribution is 2.29. The third-order valence-corrected chi connectivity index (χ3v) is 4.55. The minimum atomic E-state index is 0.729. The van der Waals surface area contributed by atoms with Gasteiger partial charge in [0.15, 0.2) is 3.95 Å². The van der Waals surface area contributed by atoms with E-state index in [1.165, 1.54) is 11.3 Å². The van der Waals surface area contributed by atoms with Crippen LogP contribution in [0.2, 0.25) is 0 Å². The molecule has 7 heteroatoms. The van der Waals surface area contributed by atoms with Crippen LogP contribution in [0.5, 0.6) is 5.75 Å². The molecule has 1 saturated heterocycles. The number of H-pyrrole nitrogens is 1. The lowest BCUT2D eigenvalue weighted by molar-refractivity contribution is 0.413. The molecule has 0 saturated carbocycles. The Hall–Kier alpha value is -1.60. The molecule has 0 spiro atoms. The van der Waals surface area contributed by atoms with Crippen LogP contribution in [0.4, 0.5) is 10.8 Å². The fourth-order valence-electron chi connectivity index (χ4n) is 2.39. The van der Waals surface area contributed by atoms with E-state index in [2.05, 4.69) is 26.1 Å². The molecule has 1 aromatic carbocycles. The van der Waals surface area contributed by atoms with E-state index in [-0.39, 0.29) is 0 Å². The second kappa shape index (κ2) is 5.80. The zero-order chi connectivity index (χ0) is 13.9. The molecule has 5 nitrogen and oxygen atoms in total. The number of methoxy groups -OCH3 is 1. The zero-order valence-electron chi connectivity index (χ0n) is 11.2. The molecule has 1 fully saturated rings. The van der Waals surface area contributed by atoms with Gasteiger partial charge in [0.2, 0.25) is 5.13 Å². The summed E-state index contributed by atoms with van der Waals surface area (Å²) in [5.41, 5.74) is 1.16. The molecule has 0 amide bonds. The Morgan fingerprint density at radius 3 is 2.55 bits per heavy atom. The number of nitrogens with zero attached hydrogens (tertiary/aromatic N) is 3. The summed E-state index contributed by atoms with van der Waals surface area (Å²) < 4.78 is 6.16. The van der Waals surface area contributed by atoms with Crippen molar-refractivity contribution in [1.82, 2.24) is 10.2 Å². The number of aromatic nitrogens is 2. The summed E-state index contributed by atoms with van der Waals surface area (Å²) in [6.45, 7) is 3.78. The number of benzene rings is 1. The molecular formula is C13H16N4OS2. The van der Waals surface area contributed by atoms with E-state index in [1.807, 2.05) is 18.2 Å². The quantitative estimate of drug-likeness (QED) is 0.883. The van der Waals surface area contributed by atoms with E-state index >= 15 is 0 Å². The van der Waals surface area contributed by atoms with Gasteiger partial charge in [-0.15, -0.1) is 5.10 Å². The highest BCUT2D eigenvalue weighted by atomic mass is 32.1. The Labute approximate surface area is 126 Å². The largest absolute Gasteiger partial charge is 0.495 e. The Kier molecular flexibility index (Phi) is 3.88. The highest BCUT2D eigenvalue weighted by Gasteiger charge is 2.21. The summed E-state index contributed by atoms with van der Waals surface area (Å²) in [6, 6.07) is 8.15. The van der Waals surface area contributed by atoms with E-state index in [9.17, 15) is 0 Å². The average molecular weight is 308 g/mol. The van der Waals surface area contributed by atoms with Crippen LogP contribution in [0.25, 0.3) is 0 Å². The topological polar surface area (TPSA) is 44.4 Å². The predicted molar refractivity (Wildman–Crippen MR) is 84.7 cm³/mol. The number of piperazine rings is 1. The lowest BCUT2D eigenvalue weighted by atomic mass is 10.2. The Morgan fingerprint density at radius 1 is 1.20 bits per heavy atom. The molecule has 3 rings (SSSR count). The minimum absolute atomic E-state index is 0.729. The van der Waals surface area contributed by atoms with Crippen LogP contribution in [0.3, 0.4) is 0 Å². The third-order valence-electron chi connectivity index (χ3n) is 3.40. The standard InChI is InChI=1S/C13H16N4OS2/c1-18-11-5-3-2-4-10(11)16-6-8-17(9-7-16)12-14-15-13(19)20-12/h2-5H,6-9H2,1H3,(H,15,19). The van der Waals surface area contributed by atoms with Gasteiger partial charge in [0.1, 0.15) is 5.75 Å². The molecule has 0 unspecified atom stereocenters. The predicted octanol–water partition coefficient (Wildman–Crippen LogP) is 2.54. The first-order valence-corrected chi connectivity index (χ1v) is 7.69. The maximum atomic E-state index is 5.43. The number of nitrogens with one attached hydrogen (secondary N) is 1. The van der Waals surface area contributed by atoms with Gasteiger partial charge in [-0.25, -0.2) is 0 Å². The smallest absolute Gasteiger partial charge is 0.207 e. The van der Waals surface area contributed by atoms with Gasteiger partial charge in [-0.3, -0.25) is 5.10 Å². The maximum absolute atomic E-state index is 5.43. The third kappa shape index (κ3) is 2.64. The molecule has 1 aliphatic heterocycles. The zero-order valence-corrected chi connectivity index (χ0v) is 12.8. The molecule has 1 aromatic heterocycles. The molecule has 2 aromatic rings. The van der Waals surface area contributed by atoms with Crippen molar-refractivity contribution >= 4 is 34.4 Å². The molecule has 1 aliphatic rings. The van der Waals surface area contributed by atoms with Crippen molar-refractivity contribution in [2.24, 2.45) is 0 Å². The first-order chi connectivity index (χ1) is 9.78. The van der Waals surface area contributed by atoms with E-state index < -0.39 is 0 Å². The van der Waals surface area contributed by atoms with Gasteiger partial charge in [0, 0.05) is 26.2 Å². The van der Waals surface area contributed by atoms with E-state index in [1.54, 1.807) is 7.11 Å². The van der Waals surface area contributed by atoms with Crippen LogP contribution in [0, 0.1) is 3.95 Å². The van der Waals surface area contributed by atoms with Crippen molar-refractivity contribution < 1.29 is 4.74 Å². The van der Waals surface area contributed by atoms with Gasteiger partial charge >= 0.3 is 0 Å². The lowest BCUT2D eigenvalue weighted by Gasteiger charge is -2.36. The van der Waals surface area contributed by atoms with Crippen molar-refractivity contribution in [2.75, 3.05) is 43.1 Å². The fraction of sp³-hybridized carbons (Fsp3) is 0.385. The molecule has 0 radical (unpaired) electrons. The molecule has 1 N–H and O–H groups in total. The van der Waals surface area contributed by atoms with Crippen LogP contribution in [-0.2, 0) is 0 Å². The van der Waals surface area contributed by atoms with Crippen molar-refractivity contribution in [2.45, 2.75) is 0 Å². The number of hydrogen-bond acceptors (Lipinski definition) is 6. The van der Waals surface area contributed by atoms with E-state index in [0.29, 0.717) is 0 Å². The summed E-state index contributed by atoms with van der Waals surface area (Å²) in [7, 11) is 1.71. The average Bonchev–Trinajstić information content (AvgIpc) is 2.94. The van der Waals surface area contributed by atoms with Crippen molar-refractivity contribution in [3.05, 3.63) is 28.2 Å². The molecule has 0 atom stereocenters. The normalized spacial score (nSPS) is 15.4. The summed E-state index contributed by atoms with van der Waals surface area (Å²) >= 11 is 6.61. The Bertz CT molecular complexity index is 631. The molecule has 106 valence electrons. The Morgan fingerprint density at radius 2 is 1.90 bits per heavy atom. The second-order valence-electron chi connectivity index (χ2n) is 4.54. The number of aromatic amines is 1. The summed E-state index contributed by atoms with van der Waals surface area (Å²) in [6.07, 6.45) is 0. The molecule has 2 heterocycles. The van der Waals surface area contributed by atoms with Gasteiger partial charge in [0.05, 0.1) is 12.8 Å². The first kappa shape index (κ1) is 13.4. The number of hydrogen-bond donors (Lipinski definition) is 1. The first-order valence-electron chi connectivity index (χ1n) is 6.46. The molecule has 20 heavy (non-hydrogen) atoms. The van der Waals surface area contributed by atoms with Gasteiger partial charge in [-0.2, -0.15) is 0 Å². The van der Waals surface area contributed by atoms with Crippen LogP contribution in [-0.4, -0.2) is 43.5 Å². The van der Waals surface area contributed by atoms with Gasteiger partial charge < -0.3 is 14.5 Å². The van der Waals surface area contributed by atoms with E-state index in [0.717, 1.165) is 46.7 Å². The molecular weight excluding hydrogens is 292 g/mol. The lowest BCUT2D eigenvalue weighted by Crippen LogP contribution is -2.46. The summed E-state index contributed by atoms with van der Waals surface area (Å²) in [4.78, 5) is 4.62. The summed E-state index contributed by atoms with van der Waals surface area (Å²) in [5, 5.41) is 8.06. The van der Waals surface area contributed by atoms with Crippen molar-refractivity contribution in [3.8, 4) is 5.75 Å². The SMILES string of the molecule is COc1ccccc1N1CCN(c2n[nH]c(=S)s2)CC1. The fourth-order valence-corrected chi connectivity index (χ4v) is 3.32. The van der Waals surface area contributed by atoms with Gasteiger partial charge in [0.25, 0.3) is 0 Å². The molecule has 0 aliphatic carbocycles. The highest BCUT2D eigenvalue weighted by molar-refractivity contribution is 7.73. The van der Waals surface area contributed by atoms with Crippen LogP contribution in [0.15, 0.2) is 24.3 Å². The number of rotatable bonds is 3. The van der Waals surface area contributed by atoms with Crippen molar-refractivity contribution in [3.63, 3.8) is 0 Å². The monoisotopic (exact) mass is 308 g/mol. The number of ether oxygens (including phenoxy) is 1. The second-order valence-corrected chi connectivity index (χ2v) is 6.19. The van der Waals surface area contributed by atoms with Crippen molar-refractivity contribution in [1.29, 1.82) is 0 Å². The molecule has 0 bridgehead atoms. The van der Waals surface area contributed by atoms with Crippen LogP contribution in [0.1, 0.15) is 0 Å². The maximum Gasteiger partial charge on any atom is 0.207 e. The minimum Gasteiger partial charge on any atom is -0.495 e. The van der Waals surface area contributed by atoms with Crippen LogP contribution >= 0.6 is 23.6 Å².